The highest BCUT2D eigenvalue weighted by Crippen LogP contribution is 2.43. The highest BCUT2D eigenvalue weighted by atomic mass is 16.5. The van der Waals surface area contributed by atoms with Gasteiger partial charge in [0.25, 0.3) is 0 Å². The number of hydrogen-bond donors (Lipinski definition) is 2. The van der Waals surface area contributed by atoms with Gasteiger partial charge in [-0.15, -0.1) is 0 Å². The zero-order chi connectivity index (χ0) is 15.6. The van der Waals surface area contributed by atoms with Crippen LogP contribution >= 0.6 is 0 Å². The van der Waals surface area contributed by atoms with Crippen LogP contribution < -0.4 is 15.2 Å². The lowest BCUT2D eigenvalue weighted by atomic mass is 9.97. The maximum atomic E-state index is 11.3. The van der Waals surface area contributed by atoms with E-state index >= 15 is 0 Å². The van der Waals surface area contributed by atoms with Crippen molar-refractivity contribution in [2.75, 3.05) is 34.4 Å². The van der Waals surface area contributed by atoms with Crippen molar-refractivity contribution in [2.24, 2.45) is 11.7 Å². The Hall–Kier alpha value is -1.79. The van der Waals surface area contributed by atoms with Gasteiger partial charge in [-0.2, -0.15) is 0 Å². The normalized spacial score (nSPS) is 22.3. The molecule has 2 unspecified atom stereocenters. The summed E-state index contributed by atoms with van der Waals surface area (Å²) in [6.45, 7) is 1.52. The summed E-state index contributed by atoms with van der Waals surface area (Å²) in [5, 5.41) is 9.27. The van der Waals surface area contributed by atoms with Gasteiger partial charge in [-0.1, -0.05) is 0 Å². The lowest BCUT2D eigenvalue weighted by Gasteiger charge is -2.23. The number of likely N-dealkylation sites (tertiary alicyclic amines) is 1. The van der Waals surface area contributed by atoms with Crippen LogP contribution in [0.2, 0.25) is 0 Å². The van der Waals surface area contributed by atoms with E-state index in [1.165, 1.54) is 13.2 Å². The first-order valence-corrected chi connectivity index (χ1v) is 6.91. The van der Waals surface area contributed by atoms with E-state index in [2.05, 4.69) is 4.90 Å². The Morgan fingerprint density at radius 1 is 1.43 bits per heavy atom. The summed E-state index contributed by atoms with van der Waals surface area (Å²) in [7, 11) is 5.09. The van der Waals surface area contributed by atoms with E-state index in [0.717, 1.165) is 18.5 Å². The summed E-state index contributed by atoms with van der Waals surface area (Å²) in [5.74, 6) is 0.464. The predicted octanol–water partition coefficient (Wildman–Crippen LogP) is 1.35. The highest BCUT2D eigenvalue weighted by molar-refractivity contribution is 5.89. The van der Waals surface area contributed by atoms with Crippen molar-refractivity contribution in [1.29, 1.82) is 0 Å². The van der Waals surface area contributed by atoms with Gasteiger partial charge >= 0.3 is 5.97 Å². The number of hydrogen-bond acceptors (Lipinski definition) is 5. The Bertz CT molecular complexity index is 533. The van der Waals surface area contributed by atoms with Crippen molar-refractivity contribution < 1.29 is 19.4 Å². The smallest absolute Gasteiger partial charge is 0.335 e. The van der Waals surface area contributed by atoms with E-state index in [4.69, 9.17) is 15.2 Å². The second-order valence-electron chi connectivity index (χ2n) is 5.40. The molecule has 0 spiro atoms. The molecule has 1 saturated heterocycles. The molecule has 2 atom stereocenters. The molecule has 0 saturated carbocycles. The highest BCUT2D eigenvalue weighted by Gasteiger charge is 2.33. The molecule has 1 heterocycles. The van der Waals surface area contributed by atoms with Gasteiger partial charge in [0.2, 0.25) is 0 Å². The summed E-state index contributed by atoms with van der Waals surface area (Å²) < 4.78 is 10.7. The number of aromatic carboxylic acids is 1. The Labute approximate surface area is 124 Å². The van der Waals surface area contributed by atoms with Crippen molar-refractivity contribution in [1.82, 2.24) is 4.90 Å². The molecule has 3 N–H and O–H groups in total. The number of carbonyl (C=O) groups is 1. The Balaban J connectivity index is 2.50. The lowest BCUT2D eigenvalue weighted by Crippen LogP contribution is -2.21. The molecule has 0 aromatic heterocycles. The van der Waals surface area contributed by atoms with E-state index in [0.29, 0.717) is 24.0 Å². The summed E-state index contributed by atoms with van der Waals surface area (Å²) in [6.07, 6.45) is 0.885. The third-order valence-electron chi connectivity index (χ3n) is 4.08. The zero-order valence-corrected chi connectivity index (χ0v) is 12.6. The molecule has 6 heteroatoms. The average molecular weight is 294 g/mol. The fourth-order valence-corrected chi connectivity index (χ4v) is 3.00. The number of benzene rings is 1. The first-order valence-electron chi connectivity index (χ1n) is 6.91. The summed E-state index contributed by atoms with van der Waals surface area (Å²) in [6, 6.07) is 3.24. The molecule has 0 aliphatic carbocycles. The van der Waals surface area contributed by atoms with Crippen molar-refractivity contribution in [3.05, 3.63) is 23.3 Å². The fraction of sp³-hybridized carbons (Fsp3) is 0.533. The minimum atomic E-state index is -0.978. The molecule has 1 aliphatic heterocycles. The lowest BCUT2D eigenvalue weighted by molar-refractivity contribution is 0.0696. The zero-order valence-electron chi connectivity index (χ0n) is 12.6. The van der Waals surface area contributed by atoms with Gasteiger partial charge in [-0.05, 0) is 38.1 Å². The summed E-state index contributed by atoms with van der Waals surface area (Å²) in [4.78, 5) is 13.5. The minimum Gasteiger partial charge on any atom is -0.493 e. The molecular weight excluding hydrogens is 272 g/mol. The largest absolute Gasteiger partial charge is 0.493 e. The molecular formula is C15H22N2O4. The predicted molar refractivity (Wildman–Crippen MR) is 79.0 cm³/mol. The third-order valence-corrected chi connectivity index (χ3v) is 4.08. The van der Waals surface area contributed by atoms with Gasteiger partial charge in [-0.3, -0.25) is 4.90 Å². The minimum absolute atomic E-state index is 0.0849. The van der Waals surface area contributed by atoms with Crippen LogP contribution in [0.15, 0.2) is 12.1 Å². The molecule has 1 aliphatic rings. The number of ether oxygens (including phenoxy) is 2. The second-order valence-corrected chi connectivity index (χ2v) is 5.40. The standard InChI is InChI=1S/C15H22N2O4/c1-17-8-9(7-16)4-12(17)11-5-10(15(18)19)6-13(20-2)14(11)21-3/h5-6,9,12H,4,7-8,16H2,1-3H3,(H,18,19). The van der Waals surface area contributed by atoms with Gasteiger partial charge in [0, 0.05) is 18.2 Å². The number of nitrogens with two attached hydrogens (primary N) is 1. The first-order chi connectivity index (χ1) is 10.0. The van der Waals surface area contributed by atoms with E-state index in [1.54, 1.807) is 13.2 Å². The summed E-state index contributed by atoms with van der Waals surface area (Å²) in [5.41, 5.74) is 6.81. The number of nitrogens with zero attached hydrogens (tertiary/aromatic N) is 1. The quantitative estimate of drug-likeness (QED) is 0.853. The topological polar surface area (TPSA) is 85.0 Å². The molecule has 21 heavy (non-hydrogen) atoms. The SMILES string of the molecule is COc1cc(C(=O)O)cc(C2CC(CN)CN2C)c1OC. The van der Waals surface area contributed by atoms with Gasteiger partial charge in [-0.25, -0.2) is 4.79 Å². The van der Waals surface area contributed by atoms with Crippen molar-refractivity contribution >= 4 is 5.97 Å². The van der Waals surface area contributed by atoms with Crippen LogP contribution in [0.3, 0.4) is 0 Å². The number of carboxylic acids is 1. The van der Waals surface area contributed by atoms with Crippen molar-refractivity contribution in [2.45, 2.75) is 12.5 Å². The Morgan fingerprint density at radius 2 is 2.14 bits per heavy atom. The molecule has 6 nitrogen and oxygen atoms in total. The van der Waals surface area contributed by atoms with Crippen LogP contribution in [0.5, 0.6) is 11.5 Å². The molecule has 1 aromatic carbocycles. The second kappa shape index (κ2) is 6.32. The van der Waals surface area contributed by atoms with Crippen LogP contribution in [0.25, 0.3) is 0 Å². The molecule has 116 valence electrons. The molecule has 1 aromatic rings. The van der Waals surface area contributed by atoms with Crippen molar-refractivity contribution in [3.63, 3.8) is 0 Å². The molecule has 1 fully saturated rings. The molecule has 0 radical (unpaired) electrons. The van der Waals surface area contributed by atoms with Crippen LogP contribution in [0, 0.1) is 5.92 Å². The van der Waals surface area contributed by atoms with Crippen molar-refractivity contribution in [3.8, 4) is 11.5 Å². The maximum Gasteiger partial charge on any atom is 0.335 e. The molecule has 0 bridgehead atoms. The number of methoxy groups -OCH3 is 2. The monoisotopic (exact) mass is 294 g/mol. The first kappa shape index (κ1) is 15.6. The van der Waals surface area contributed by atoms with Gasteiger partial charge in [0.15, 0.2) is 11.5 Å². The van der Waals surface area contributed by atoms with Crippen LogP contribution in [0.4, 0.5) is 0 Å². The Kier molecular flexibility index (Phi) is 4.69. The maximum absolute atomic E-state index is 11.3. The number of rotatable bonds is 5. The van der Waals surface area contributed by atoms with Gasteiger partial charge in [0.1, 0.15) is 0 Å². The van der Waals surface area contributed by atoms with E-state index < -0.39 is 5.97 Å². The van der Waals surface area contributed by atoms with E-state index in [-0.39, 0.29) is 11.6 Å². The molecule has 0 amide bonds. The average Bonchev–Trinajstić information content (AvgIpc) is 2.86. The molecule has 2 rings (SSSR count). The van der Waals surface area contributed by atoms with Crippen LogP contribution in [-0.4, -0.2) is 50.3 Å². The van der Waals surface area contributed by atoms with E-state index in [9.17, 15) is 9.90 Å². The third kappa shape index (κ3) is 2.96. The van der Waals surface area contributed by atoms with Gasteiger partial charge < -0.3 is 20.3 Å². The summed E-state index contributed by atoms with van der Waals surface area (Å²) >= 11 is 0. The number of carboxylic acid groups (broad SMARTS) is 1. The fourth-order valence-electron chi connectivity index (χ4n) is 3.00. The Morgan fingerprint density at radius 3 is 2.62 bits per heavy atom. The van der Waals surface area contributed by atoms with Crippen LogP contribution in [-0.2, 0) is 0 Å². The van der Waals surface area contributed by atoms with Crippen LogP contribution in [0.1, 0.15) is 28.4 Å². The van der Waals surface area contributed by atoms with E-state index in [1.807, 2.05) is 7.05 Å². The van der Waals surface area contributed by atoms with Gasteiger partial charge in [0.05, 0.1) is 19.8 Å².